The third-order valence-corrected chi connectivity index (χ3v) is 2.02. The van der Waals surface area contributed by atoms with Crippen molar-refractivity contribution in [1.29, 1.82) is 0 Å². The van der Waals surface area contributed by atoms with Gasteiger partial charge in [-0.2, -0.15) is 0 Å². The predicted molar refractivity (Wildman–Crippen MR) is 64.8 cm³/mol. The molecule has 17 heavy (non-hydrogen) atoms. The largest absolute Gasteiger partial charge is 0.443 e. The van der Waals surface area contributed by atoms with E-state index in [1.54, 1.807) is 25.4 Å². The topological polar surface area (TPSA) is 62.7 Å². The van der Waals surface area contributed by atoms with Crippen molar-refractivity contribution in [3.8, 4) is 0 Å². The summed E-state index contributed by atoms with van der Waals surface area (Å²) in [6.07, 6.45) is 1.11. The molecule has 1 rings (SSSR count). The van der Waals surface area contributed by atoms with Crippen molar-refractivity contribution in [3.63, 3.8) is 0 Å². The van der Waals surface area contributed by atoms with Crippen LogP contribution in [-0.2, 0) is 11.3 Å². The molecule has 1 aromatic rings. The van der Waals surface area contributed by atoms with Crippen LogP contribution in [0.2, 0.25) is 0 Å². The van der Waals surface area contributed by atoms with Gasteiger partial charge in [-0.15, -0.1) is 0 Å². The van der Waals surface area contributed by atoms with Crippen LogP contribution in [0.5, 0.6) is 0 Å². The molecular formula is C12H18N2O3. The van der Waals surface area contributed by atoms with Gasteiger partial charge >= 0.3 is 6.09 Å². The maximum absolute atomic E-state index is 11.8. The number of carbonyl (C=O) groups is 1. The Morgan fingerprint density at radius 3 is 2.71 bits per heavy atom. The minimum Gasteiger partial charge on any atom is -0.443 e. The predicted octanol–water partition coefficient (Wildman–Crippen LogP) is 1.95. The standard InChI is InChI=1S/C12H18N2O3/c1-12(2,3)17-11(16)14(4)10-5-6-13-9(7-10)8-15/h5-7,15H,8H2,1-4H3. The molecule has 0 saturated carbocycles. The highest BCUT2D eigenvalue weighted by atomic mass is 16.6. The van der Waals surface area contributed by atoms with Crippen LogP contribution in [0, 0.1) is 0 Å². The molecule has 94 valence electrons. The molecule has 1 heterocycles. The summed E-state index contributed by atoms with van der Waals surface area (Å²) >= 11 is 0. The zero-order valence-corrected chi connectivity index (χ0v) is 10.6. The number of aliphatic hydroxyl groups excluding tert-OH is 1. The molecule has 0 spiro atoms. The number of hydrogen-bond acceptors (Lipinski definition) is 4. The summed E-state index contributed by atoms with van der Waals surface area (Å²) in [7, 11) is 1.62. The lowest BCUT2D eigenvalue weighted by Crippen LogP contribution is -2.34. The van der Waals surface area contributed by atoms with E-state index in [-0.39, 0.29) is 6.61 Å². The Bertz CT molecular complexity index is 399. The first-order valence-electron chi connectivity index (χ1n) is 5.36. The molecule has 0 aliphatic rings. The molecule has 0 bridgehead atoms. The number of hydrogen-bond donors (Lipinski definition) is 1. The monoisotopic (exact) mass is 238 g/mol. The number of carbonyl (C=O) groups excluding carboxylic acids is 1. The quantitative estimate of drug-likeness (QED) is 0.855. The summed E-state index contributed by atoms with van der Waals surface area (Å²) in [4.78, 5) is 17.1. The van der Waals surface area contributed by atoms with Gasteiger partial charge in [-0.1, -0.05) is 0 Å². The second kappa shape index (κ2) is 5.14. The highest BCUT2D eigenvalue weighted by Crippen LogP contribution is 2.16. The Morgan fingerprint density at radius 1 is 1.53 bits per heavy atom. The molecule has 0 radical (unpaired) electrons. The number of amides is 1. The van der Waals surface area contributed by atoms with Crippen LogP contribution in [0.3, 0.4) is 0 Å². The van der Waals surface area contributed by atoms with Crippen molar-refractivity contribution in [1.82, 2.24) is 4.98 Å². The fourth-order valence-corrected chi connectivity index (χ4v) is 1.20. The van der Waals surface area contributed by atoms with E-state index in [4.69, 9.17) is 9.84 Å². The van der Waals surface area contributed by atoms with Crippen molar-refractivity contribution in [2.45, 2.75) is 33.0 Å². The molecule has 5 nitrogen and oxygen atoms in total. The number of ether oxygens (including phenoxy) is 1. The van der Waals surface area contributed by atoms with Crippen LogP contribution < -0.4 is 4.90 Å². The van der Waals surface area contributed by atoms with E-state index in [2.05, 4.69) is 4.98 Å². The zero-order valence-electron chi connectivity index (χ0n) is 10.6. The minimum absolute atomic E-state index is 0.157. The van der Waals surface area contributed by atoms with Crippen LogP contribution in [-0.4, -0.2) is 28.8 Å². The van der Waals surface area contributed by atoms with Gasteiger partial charge in [-0.3, -0.25) is 9.88 Å². The second-order valence-corrected chi connectivity index (χ2v) is 4.70. The van der Waals surface area contributed by atoms with Crippen LogP contribution in [0.25, 0.3) is 0 Å². The Balaban J connectivity index is 2.81. The third kappa shape index (κ3) is 4.03. The molecule has 0 atom stereocenters. The van der Waals surface area contributed by atoms with E-state index in [9.17, 15) is 4.79 Å². The number of pyridine rings is 1. The molecule has 1 aromatic heterocycles. The van der Waals surface area contributed by atoms with E-state index in [1.807, 2.05) is 20.8 Å². The van der Waals surface area contributed by atoms with Crippen molar-refractivity contribution in [2.75, 3.05) is 11.9 Å². The summed E-state index contributed by atoms with van der Waals surface area (Å²) < 4.78 is 5.23. The summed E-state index contributed by atoms with van der Waals surface area (Å²) in [5, 5.41) is 8.97. The van der Waals surface area contributed by atoms with E-state index in [0.717, 1.165) is 0 Å². The van der Waals surface area contributed by atoms with Gasteiger partial charge in [0.25, 0.3) is 0 Å². The van der Waals surface area contributed by atoms with Gasteiger partial charge in [-0.05, 0) is 32.9 Å². The molecule has 5 heteroatoms. The van der Waals surface area contributed by atoms with Crippen LogP contribution in [0.15, 0.2) is 18.3 Å². The maximum atomic E-state index is 11.8. The van der Waals surface area contributed by atoms with Gasteiger partial charge in [0.05, 0.1) is 18.0 Å². The first-order chi connectivity index (χ1) is 7.83. The van der Waals surface area contributed by atoms with Gasteiger partial charge < -0.3 is 9.84 Å². The summed E-state index contributed by atoms with van der Waals surface area (Å²) in [6, 6.07) is 3.33. The number of anilines is 1. The lowest BCUT2D eigenvalue weighted by Gasteiger charge is -2.24. The molecular weight excluding hydrogens is 220 g/mol. The molecule has 1 amide bonds. The molecule has 0 aliphatic heterocycles. The molecule has 0 aromatic carbocycles. The Labute approximate surface area is 101 Å². The van der Waals surface area contributed by atoms with Gasteiger partial charge in [0.15, 0.2) is 0 Å². The highest BCUT2D eigenvalue weighted by Gasteiger charge is 2.20. The highest BCUT2D eigenvalue weighted by molar-refractivity contribution is 5.87. The van der Waals surface area contributed by atoms with Crippen LogP contribution in [0.1, 0.15) is 26.5 Å². The maximum Gasteiger partial charge on any atom is 0.414 e. The Morgan fingerprint density at radius 2 is 2.18 bits per heavy atom. The summed E-state index contributed by atoms with van der Waals surface area (Å²) in [5.41, 5.74) is 0.620. The van der Waals surface area contributed by atoms with Crippen molar-refractivity contribution < 1.29 is 14.6 Å². The van der Waals surface area contributed by atoms with Crippen LogP contribution >= 0.6 is 0 Å². The van der Waals surface area contributed by atoms with Crippen molar-refractivity contribution >= 4 is 11.8 Å². The van der Waals surface area contributed by atoms with E-state index in [0.29, 0.717) is 11.4 Å². The molecule has 1 N–H and O–H groups in total. The first kappa shape index (κ1) is 13.4. The van der Waals surface area contributed by atoms with Gasteiger partial charge in [0, 0.05) is 13.2 Å². The molecule has 0 aliphatic carbocycles. The fraction of sp³-hybridized carbons (Fsp3) is 0.500. The minimum atomic E-state index is -0.530. The lowest BCUT2D eigenvalue weighted by atomic mass is 10.2. The fourth-order valence-electron chi connectivity index (χ4n) is 1.20. The van der Waals surface area contributed by atoms with Gasteiger partial charge in [0.2, 0.25) is 0 Å². The normalized spacial score (nSPS) is 11.1. The zero-order chi connectivity index (χ0) is 13.1. The number of nitrogens with zero attached hydrogens (tertiary/aromatic N) is 2. The second-order valence-electron chi connectivity index (χ2n) is 4.70. The molecule has 0 saturated heterocycles. The number of aromatic nitrogens is 1. The average Bonchev–Trinajstić information content (AvgIpc) is 2.26. The van der Waals surface area contributed by atoms with Crippen LogP contribution in [0.4, 0.5) is 10.5 Å². The number of rotatable bonds is 2. The van der Waals surface area contributed by atoms with E-state index >= 15 is 0 Å². The van der Waals surface area contributed by atoms with E-state index in [1.165, 1.54) is 4.90 Å². The SMILES string of the molecule is CN(C(=O)OC(C)(C)C)c1ccnc(CO)c1. The Kier molecular flexibility index (Phi) is 4.07. The third-order valence-electron chi connectivity index (χ3n) is 2.02. The first-order valence-corrected chi connectivity index (χ1v) is 5.36. The number of aliphatic hydroxyl groups is 1. The smallest absolute Gasteiger partial charge is 0.414 e. The average molecular weight is 238 g/mol. The molecule has 0 unspecified atom stereocenters. The van der Waals surface area contributed by atoms with Gasteiger partial charge in [-0.25, -0.2) is 4.79 Å². The lowest BCUT2D eigenvalue weighted by molar-refractivity contribution is 0.0589. The van der Waals surface area contributed by atoms with E-state index < -0.39 is 11.7 Å². The van der Waals surface area contributed by atoms with Crippen molar-refractivity contribution in [2.24, 2.45) is 0 Å². The summed E-state index contributed by atoms with van der Waals surface area (Å²) in [6.45, 7) is 5.27. The summed E-state index contributed by atoms with van der Waals surface area (Å²) in [5.74, 6) is 0. The molecule has 0 fully saturated rings. The van der Waals surface area contributed by atoms with Gasteiger partial charge in [0.1, 0.15) is 5.60 Å². The Hall–Kier alpha value is -1.62. The van der Waals surface area contributed by atoms with Crippen molar-refractivity contribution in [3.05, 3.63) is 24.0 Å².